The predicted molar refractivity (Wildman–Crippen MR) is 84.0 cm³/mol. The monoisotopic (exact) mass is 288 g/mol. The highest BCUT2D eigenvalue weighted by Gasteiger charge is 2.23. The summed E-state index contributed by atoms with van der Waals surface area (Å²) in [5.74, 6) is -0.109. The van der Waals surface area contributed by atoms with E-state index in [0.717, 1.165) is 22.2 Å². The molecule has 0 bridgehead atoms. The first-order chi connectivity index (χ1) is 9.08. The molecule has 3 rings (SSSR count). The van der Waals surface area contributed by atoms with Gasteiger partial charge in [-0.2, -0.15) is 0 Å². The second-order valence-corrected chi connectivity index (χ2v) is 6.15. The number of benzene rings is 1. The Bertz CT molecular complexity index is 743. The number of amides is 1. The lowest BCUT2D eigenvalue weighted by Gasteiger charge is -1.98. The Labute approximate surface area is 120 Å². The van der Waals surface area contributed by atoms with E-state index in [-0.39, 0.29) is 5.91 Å². The van der Waals surface area contributed by atoms with Gasteiger partial charge in [-0.15, -0.1) is 0 Å². The average molecular weight is 288 g/mol. The zero-order valence-corrected chi connectivity index (χ0v) is 12.2. The van der Waals surface area contributed by atoms with Gasteiger partial charge in [-0.3, -0.25) is 4.79 Å². The number of nitrogens with zero attached hydrogens (tertiary/aromatic N) is 1. The summed E-state index contributed by atoms with van der Waals surface area (Å²) in [6, 6.07) is 8.18. The Morgan fingerprint density at radius 2 is 2.11 bits per heavy atom. The molecule has 1 aliphatic rings. The number of aromatic nitrogens is 1. The largest absolute Gasteiger partial charge is 0.347 e. The predicted octanol–water partition coefficient (Wildman–Crippen LogP) is 2.98. The van der Waals surface area contributed by atoms with Gasteiger partial charge < -0.3 is 9.88 Å². The SMILES string of the molecule is Cc1c(C=C2SC(=S)NC2=O)c2ccccc2n1C. The summed E-state index contributed by atoms with van der Waals surface area (Å²) in [7, 11) is 2.03. The molecular weight excluding hydrogens is 276 g/mol. The van der Waals surface area contributed by atoms with Crippen LogP contribution in [0, 0.1) is 6.92 Å². The highest BCUT2D eigenvalue weighted by molar-refractivity contribution is 8.26. The van der Waals surface area contributed by atoms with Crippen molar-refractivity contribution < 1.29 is 4.79 Å². The Balaban J connectivity index is 2.21. The van der Waals surface area contributed by atoms with Gasteiger partial charge in [-0.1, -0.05) is 42.2 Å². The van der Waals surface area contributed by atoms with E-state index in [1.165, 1.54) is 11.8 Å². The molecule has 0 atom stereocenters. The second-order valence-electron chi connectivity index (χ2n) is 4.43. The molecule has 1 fully saturated rings. The third-order valence-corrected chi connectivity index (χ3v) is 4.53. The van der Waals surface area contributed by atoms with Crippen LogP contribution in [0.3, 0.4) is 0 Å². The highest BCUT2D eigenvalue weighted by atomic mass is 32.2. The zero-order valence-electron chi connectivity index (χ0n) is 10.6. The van der Waals surface area contributed by atoms with Gasteiger partial charge in [0.05, 0.1) is 4.91 Å². The first-order valence-corrected chi connectivity index (χ1v) is 7.09. The van der Waals surface area contributed by atoms with Gasteiger partial charge in [0.15, 0.2) is 0 Å². The lowest BCUT2D eigenvalue weighted by Crippen LogP contribution is -2.17. The number of carbonyl (C=O) groups excluding carboxylic acids is 1. The van der Waals surface area contributed by atoms with Crippen molar-refractivity contribution in [2.24, 2.45) is 7.05 Å². The number of aryl methyl sites for hydroxylation is 1. The number of nitrogens with one attached hydrogen (secondary N) is 1. The lowest BCUT2D eigenvalue weighted by molar-refractivity contribution is -0.115. The molecule has 0 saturated carbocycles. The van der Waals surface area contributed by atoms with Crippen LogP contribution in [-0.2, 0) is 11.8 Å². The second kappa shape index (κ2) is 4.51. The standard InChI is InChI=1S/C14H12N2OS2/c1-8-10(7-12-13(17)15-14(18)19-12)9-5-3-4-6-11(9)16(8)2/h3-7H,1-2H3,(H,15,17,18). The van der Waals surface area contributed by atoms with Crippen LogP contribution in [-0.4, -0.2) is 14.8 Å². The van der Waals surface area contributed by atoms with Crippen LogP contribution in [0.15, 0.2) is 29.2 Å². The third-order valence-electron chi connectivity index (χ3n) is 3.37. The van der Waals surface area contributed by atoms with Gasteiger partial charge in [0.2, 0.25) is 0 Å². The van der Waals surface area contributed by atoms with E-state index in [0.29, 0.717) is 9.23 Å². The van der Waals surface area contributed by atoms with Crippen molar-refractivity contribution >= 4 is 51.2 Å². The van der Waals surface area contributed by atoms with Gasteiger partial charge in [-0.05, 0) is 19.1 Å². The number of hydrogen-bond donors (Lipinski definition) is 1. The molecule has 1 amide bonds. The first kappa shape index (κ1) is 12.4. The van der Waals surface area contributed by atoms with E-state index in [1.807, 2.05) is 25.3 Å². The fourth-order valence-electron chi connectivity index (χ4n) is 2.28. The summed E-state index contributed by atoms with van der Waals surface area (Å²) in [6.07, 6.45) is 1.93. The van der Waals surface area contributed by atoms with Crippen LogP contribution < -0.4 is 5.32 Å². The minimum Gasteiger partial charge on any atom is -0.347 e. The molecule has 2 aromatic rings. The molecule has 3 nitrogen and oxygen atoms in total. The molecule has 1 saturated heterocycles. The minimum absolute atomic E-state index is 0.109. The maximum Gasteiger partial charge on any atom is 0.263 e. The fraction of sp³-hybridized carbons (Fsp3) is 0.143. The molecule has 0 aliphatic carbocycles. The Hall–Kier alpha value is -1.59. The van der Waals surface area contributed by atoms with Crippen molar-refractivity contribution in [2.75, 3.05) is 0 Å². The Morgan fingerprint density at radius 3 is 2.79 bits per heavy atom. The van der Waals surface area contributed by atoms with Crippen LogP contribution in [0.1, 0.15) is 11.3 Å². The number of hydrogen-bond acceptors (Lipinski definition) is 3. The zero-order chi connectivity index (χ0) is 13.6. The molecule has 0 radical (unpaired) electrons. The Kier molecular flexibility index (Phi) is 2.95. The number of fused-ring (bicyclic) bond motifs is 1. The van der Waals surface area contributed by atoms with E-state index in [2.05, 4.69) is 28.9 Å². The van der Waals surface area contributed by atoms with Crippen LogP contribution in [0.4, 0.5) is 0 Å². The van der Waals surface area contributed by atoms with Gasteiger partial charge in [0, 0.05) is 29.2 Å². The van der Waals surface area contributed by atoms with Crippen molar-refractivity contribution in [3.63, 3.8) is 0 Å². The van der Waals surface area contributed by atoms with Crippen LogP contribution in [0.25, 0.3) is 17.0 Å². The molecule has 0 spiro atoms. The van der Waals surface area contributed by atoms with Gasteiger partial charge in [0.25, 0.3) is 5.91 Å². The molecule has 1 aromatic carbocycles. The minimum atomic E-state index is -0.109. The van der Waals surface area contributed by atoms with Crippen LogP contribution in [0.5, 0.6) is 0 Å². The quantitative estimate of drug-likeness (QED) is 0.647. The fourth-order valence-corrected chi connectivity index (χ4v) is 3.31. The highest BCUT2D eigenvalue weighted by Crippen LogP contribution is 2.31. The molecule has 19 heavy (non-hydrogen) atoms. The van der Waals surface area contributed by atoms with E-state index < -0.39 is 0 Å². The molecule has 96 valence electrons. The molecular formula is C14H12N2OS2. The van der Waals surface area contributed by atoms with Crippen LogP contribution >= 0.6 is 24.0 Å². The number of thiocarbonyl (C=S) groups is 1. The maximum atomic E-state index is 11.7. The van der Waals surface area contributed by atoms with Gasteiger partial charge in [0.1, 0.15) is 4.32 Å². The van der Waals surface area contributed by atoms with Crippen LogP contribution in [0.2, 0.25) is 0 Å². The first-order valence-electron chi connectivity index (χ1n) is 5.87. The number of thioether (sulfide) groups is 1. The van der Waals surface area contributed by atoms with Crippen molar-refractivity contribution in [2.45, 2.75) is 6.92 Å². The normalized spacial score (nSPS) is 17.5. The molecule has 1 aliphatic heterocycles. The van der Waals surface area contributed by atoms with E-state index >= 15 is 0 Å². The summed E-state index contributed by atoms with van der Waals surface area (Å²) >= 11 is 6.33. The van der Waals surface area contributed by atoms with E-state index in [1.54, 1.807) is 0 Å². The van der Waals surface area contributed by atoms with E-state index in [9.17, 15) is 4.79 Å². The van der Waals surface area contributed by atoms with Crippen molar-refractivity contribution in [3.8, 4) is 0 Å². The molecule has 1 aromatic heterocycles. The smallest absolute Gasteiger partial charge is 0.263 e. The molecule has 0 unspecified atom stereocenters. The number of carbonyl (C=O) groups is 1. The lowest BCUT2D eigenvalue weighted by atomic mass is 10.1. The summed E-state index contributed by atoms with van der Waals surface area (Å²) in [6.45, 7) is 2.06. The number of rotatable bonds is 1. The van der Waals surface area contributed by atoms with Gasteiger partial charge >= 0.3 is 0 Å². The maximum absolute atomic E-state index is 11.7. The number of para-hydroxylation sites is 1. The van der Waals surface area contributed by atoms with Gasteiger partial charge in [-0.25, -0.2) is 0 Å². The third kappa shape index (κ3) is 1.99. The molecule has 2 heterocycles. The molecule has 1 N–H and O–H groups in total. The Morgan fingerprint density at radius 1 is 1.37 bits per heavy atom. The summed E-state index contributed by atoms with van der Waals surface area (Å²) in [5.41, 5.74) is 3.39. The topological polar surface area (TPSA) is 34.0 Å². The average Bonchev–Trinajstić information content (AvgIpc) is 2.83. The molecule has 5 heteroatoms. The van der Waals surface area contributed by atoms with Crippen molar-refractivity contribution in [3.05, 3.63) is 40.4 Å². The summed E-state index contributed by atoms with van der Waals surface area (Å²) in [4.78, 5) is 12.4. The summed E-state index contributed by atoms with van der Waals surface area (Å²) in [5, 5.41) is 3.80. The summed E-state index contributed by atoms with van der Waals surface area (Å²) < 4.78 is 2.66. The van der Waals surface area contributed by atoms with Crippen molar-refractivity contribution in [1.29, 1.82) is 0 Å². The van der Waals surface area contributed by atoms with Crippen molar-refractivity contribution in [1.82, 2.24) is 9.88 Å². The van der Waals surface area contributed by atoms with E-state index in [4.69, 9.17) is 12.2 Å².